The zero-order chi connectivity index (χ0) is 19.4. The van der Waals surface area contributed by atoms with E-state index >= 15 is 0 Å². The van der Waals surface area contributed by atoms with Crippen LogP contribution >= 0.6 is 23.2 Å². The van der Waals surface area contributed by atoms with Gasteiger partial charge in [-0.25, -0.2) is 4.79 Å². The maximum absolute atomic E-state index is 12.1. The maximum atomic E-state index is 12.1. The molecule has 0 bridgehead atoms. The molecule has 1 heterocycles. The summed E-state index contributed by atoms with van der Waals surface area (Å²) in [6, 6.07) is 12.1. The van der Waals surface area contributed by atoms with E-state index in [4.69, 9.17) is 37.1 Å². The summed E-state index contributed by atoms with van der Waals surface area (Å²) >= 11 is 11.8. The summed E-state index contributed by atoms with van der Waals surface area (Å²) < 4.78 is 16.3. The van der Waals surface area contributed by atoms with Crippen LogP contribution in [0.15, 0.2) is 46.9 Å². The van der Waals surface area contributed by atoms with Crippen LogP contribution in [0.1, 0.15) is 18.4 Å². The maximum Gasteiger partial charge on any atom is 0.347 e. The highest BCUT2D eigenvalue weighted by atomic mass is 35.5. The summed E-state index contributed by atoms with van der Waals surface area (Å²) in [4.78, 5) is 12.1. The van der Waals surface area contributed by atoms with E-state index in [9.17, 15) is 4.79 Å². The fourth-order valence-electron chi connectivity index (χ4n) is 2.25. The van der Waals surface area contributed by atoms with Gasteiger partial charge in [0.05, 0.1) is 0 Å². The van der Waals surface area contributed by atoms with Gasteiger partial charge in [-0.1, -0.05) is 23.2 Å². The Labute approximate surface area is 166 Å². The summed E-state index contributed by atoms with van der Waals surface area (Å²) in [5.74, 6) is 0.518. The molecule has 0 fully saturated rings. The van der Waals surface area contributed by atoms with Crippen molar-refractivity contribution < 1.29 is 18.7 Å². The van der Waals surface area contributed by atoms with Gasteiger partial charge in [0, 0.05) is 15.6 Å². The number of ether oxygens (including phenoxy) is 2. The van der Waals surface area contributed by atoms with Gasteiger partial charge in [0.15, 0.2) is 12.7 Å². The SMILES string of the molecule is Cc1cc(Cl)ccc1OC(C)C(=O)OCc1nnc(-c2ccc(Cl)cc2)o1. The number of aromatic nitrogens is 2. The molecule has 0 radical (unpaired) electrons. The van der Waals surface area contributed by atoms with Crippen molar-refractivity contribution in [2.75, 3.05) is 0 Å². The predicted octanol–water partition coefficient (Wildman–Crippen LogP) is 4.86. The van der Waals surface area contributed by atoms with Crippen LogP contribution < -0.4 is 4.74 Å². The van der Waals surface area contributed by atoms with E-state index < -0.39 is 12.1 Å². The Balaban J connectivity index is 1.56. The van der Waals surface area contributed by atoms with Crippen LogP contribution in [0.3, 0.4) is 0 Å². The van der Waals surface area contributed by atoms with Crippen molar-refractivity contribution in [3.8, 4) is 17.2 Å². The molecule has 0 aliphatic heterocycles. The Hall–Kier alpha value is -2.57. The van der Waals surface area contributed by atoms with Gasteiger partial charge in [0.1, 0.15) is 5.75 Å². The average Bonchev–Trinajstić information content (AvgIpc) is 3.11. The first kappa shape index (κ1) is 19.2. The van der Waals surface area contributed by atoms with Crippen LogP contribution in [-0.2, 0) is 16.1 Å². The number of benzene rings is 2. The van der Waals surface area contributed by atoms with Gasteiger partial charge >= 0.3 is 5.97 Å². The second-order valence-corrected chi connectivity index (χ2v) is 6.66. The number of carbonyl (C=O) groups is 1. The molecule has 3 rings (SSSR count). The third-order valence-corrected chi connectivity index (χ3v) is 4.16. The Kier molecular flexibility index (Phi) is 5.98. The van der Waals surface area contributed by atoms with Crippen molar-refractivity contribution in [2.45, 2.75) is 26.6 Å². The van der Waals surface area contributed by atoms with Gasteiger partial charge in [0.2, 0.25) is 5.89 Å². The first-order chi connectivity index (χ1) is 12.9. The number of carbonyl (C=O) groups excluding carboxylic acids is 1. The van der Waals surface area contributed by atoms with Crippen molar-refractivity contribution >= 4 is 29.2 Å². The van der Waals surface area contributed by atoms with Crippen molar-refractivity contribution in [1.82, 2.24) is 10.2 Å². The van der Waals surface area contributed by atoms with Crippen molar-refractivity contribution in [2.24, 2.45) is 0 Å². The zero-order valence-electron chi connectivity index (χ0n) is 14.6. The summed E-state index contributed by atoms with van der Waals surface area (Å²) in [6.07, 6.45) is -0.802. The molecule has 6 nitrogen and oxygen atoms in total. The van der Waals surface area contributed by atoms with Gasteiger partial charge < -0.3 is 13.9 Å². The van der Waals surface area contributed by atoms with Crippen LogP contribution in [0, 0.1) is 6.92 Å². The number of hydrogen-bond acceptors (Lipinski definition) is 6. The van der Waals surface area contributed by atoms with Crippen LogP contribution in [0.4, 0.5) is 0 Å². The van der Waals surface area contributed by atoms with E-state index in [1.54, 1.807) is 49.4 Å². The topological polar surface area (TPSA) is 74.5 Å². The molecular weight excluding hydrogens is 391 g/mol. The number of hydrogen-bond donors (Lipinski definition) is 0. The number of aryl methyl sites for hydroxylation is 1. The van der Waals surface area contributed by atoms with E-state index in [2.05, 4.69) is 10.2 Å². The van der Waals surface area contributed by atoms with Crippen LogP contribution in [0.25, 0.3) is 11.5 Å². The first-order valence-electron chi connectivity index (χ1n) is 8.10. The molecule has 0 spiro atoms. The quantitative estimate of drug-likeness (QED) is 0.543. The molecule has 0 aliphatic rings. The van der Waals surface area contributed by atoms with E-state index in [1.165, 1.54) is 0 Å². The van der Waals surface area contributed by atoms with Crippen molar-refractivity contribution in [3.63, 3.8) is 0 Å². The zero-order valence-corrected chi connectivity index (χ0v) is 16.1. The molecule has 0 saturated carbocycles. The molecule has 0 amide bonds. The normalized spacial score (nSPS) is 11.9. The van der Waals surface area contributed by atoms with Crippen molar-refractivity contribution in [1.29, 1.82) is 0 Å². The van der Waals surface area contributed by atoms with Gasteiger partial charge in [-0.15, -0.1) is 10.2 Å². The Morgan fingerprint density at radius 3 is 2.52 bits per heavy atom. The molecule has 1 unspecified atom stereocenters. The number of halogens is 2. The highest BCUT2D eigenvalue weighted by Crippen LogP contribution is 2.23. The Bertz CT molecular complexity index is 941. The lowest BCUT2D eigenvalue weighted by Crippen LogP contribution is -2.26. The highest BCUT2D eigenvalue weighted by Gasteiger charge is 2.19. The smallest absolute Gasteiger partial charge is 0.347 e. The molecular formula is C19H16Cl2N2O4. The largest absolute Gasteiger partial charge is 0.479 e. The molecule has 0 N–H and O–H groups in total. The minimum atomic E-state index is -0.802. The van der Waals surface area contributed by atoms with Crippen molar-refractivity contribution in [3.05, 3.63) is 64.0 Å². The van der Waals surface area contributed by atoms with E-state index in [0.717, 1.165) is 11.1 Å². The lowest BCUT2D eigenvalue weighted by molar-refractivity contribution is -0.153. The van der Waals surface area contributed by atoms with Crippen LogP contribution in [-0.4, -0.2) is 22.3 Å². The molecule has 27 heavy (non-hydrogen) atoms. The Morgan fingerprint density at radius 1 is 1.11 bits per heavy atom. The second kappa shape index (κ2) is 8.41. The summed E-state index contributed by atoms with van der Waals surface area (Å²) in [5, 5.41) is 9.01. The molecule has 8 heteroatoms. The third kappa shape index (κ3) is 4.99. The van der Waals surface area contributed by atoms with Gasteiger partial charge in [-0.05, 0) is 61.9 Å². The lowest BCUT2D eigenvalue weighted by Gasteiger charge is -2.15. The molecule has 1 atom stereocenters. The monoisotopic (exact) mass is 406 g/mol. The fourth-order valence-corrected chi connectivity index (χ4v) is 2.61. The minimum absolute atomic E-state index is 0.146. The third-order valence-electron chi connectivity index (χ3n) is 3.67. The number of rotatable bonds is 6. The lowest BCUT2D eigenvalue weighted by atomic mass is 10.2. The Morgan fingerprint density at radius 2 is 1.81 bits per heavy atom. The number of esters is 1. The van der Waals surface area contributed by atoms with E-state index in [1.807, 2.05) is 6.92 Å². The molecule has 140 valence electrons. The molecule has 0 aliphatic carbocycles. The highest BCUT2D eigenvalue weighted by molar-refractivity contribution is 6.30. The summed E-state index contributed by atoms with van der Waals surface area (Å²) in [7, 11) is 0. The first-order valence-corrected chi connectivity index (χ1v) is 8.86. The summed E-state index contributed by atoms with van der Waals surface area (Å²) in [5.41, 5.74) is 1.55. The second-order valence-electron chi connectivity index (χ2n) is 5.79. The predicted molar refractivity (Wildman–Crippen MR) is 101 cm³/mol. The summed E-state index contributed by atoms with van der Waals surface area (Å²) in [6.45, 7) is 3.30. The minimum Gasteiger partial charge on any atom is -0.479 e. The molecule has 3 aromatic rings. The van der Waals surface area contributed by atoms with Gasteiger partial charge in [0.25, 0.3) is 5.89 Å². The standard InChI is InChI=1S/C19H16Cl2N2O4/c1-11-9-15(21)7-8-16(11)26-12(2)19(24)25-10-17-22-23-18(27-17)13-3-5-14(20)6-4-13/h3-9,12H,10H2,1-2H3. The van der Waals surface area contributed by atoms with Crippen LogP contribution in [0.2, 0.25) is 10.0 Å². The van der Waals surface area contributed by atoms with E-state index in [0.29, 0.717) is 21.7 Å². The molecule has 1 aromatic heterocycles. The van der Waals surface area contributed by atoms with Gasteiger partial charge in [-0.3, -0.25) is 0 Å². The van der Waals surface area contributed by atoms with E-state index in [-0.39, 0.29) is 12.5 Å². The van der Waals surface area contributed by atoms with Crippen LogP contribution in [0.5, 0.6) is 5.75 Å². The molecule has 2 aromatic carbocycles. The van der Waals surface area contributed by atoms with Gasteiger partial charge in [-0.2, -0.15) is 0 Å². The average molecular weight is 407 g/mol. The molecule has 0 saturated heterocycles. The number of nitrogens with zero attached hydrogens (tertiary/aromatic N) is 2. The fraction of sp³-hybridized carbons (Fsp3) is 0.211.